The highest BCUT2D eigenvalue weighted by Crippen LogP contribution is 2.26. The first-order valence-electron chi connectivity index (χ1n) is 6.27. The molecule has 1 heterocycles. The number of aliphatic carboxylic acids is 1. The highest BCUT2D eigenvalue weighted by atomic mass is 16.5. The van der Waals surface area contributed by atoms with Crippen molar-refractivity contribution in [2.45, 2.75) is 39.7 Å². The lowest BCUT2D eigenvalue weighted by molar-refractivity contribution is -0.142. The van der Waals surface area contributed by atoms with Gasteiger partial charge in [-0.15, -0.1) is 0 Å². The Balaban J connectivity index is 2.22. The van der Waals surface area contributed by atoms with Gasteiger partial charge in [-0.05, 0) is 38.7 Å². The summed E-state index contributed by atoms with van der Waals surface area (Å²) in [5.41, 5.74) is 2.89. The Kier molecular flexibility index (Phi) is 3.91. The largest absolute Gasteiger partial charge is 0.481 e. The summed E-state index contributed by atoms with van der Waals surface area (Å²) in [4.78, 5) is 19.9. The van der Waals surface area contributed by atoms with Crippen LogP contribution in [0.25, 0.3) is 0 Å². The lowest BCUT2D eigenvalue weighted by Crippen LogP contribution is -2.24. The van der Waals surface area contributed by atoms with E-state index in [1.165, 1.54) is 0 Å². The molecule has 1 aliphatic carbocycles. The Morgan fingerprint density at radius 3 is 2.94 bits per heavy atom. The first-order valence-corrected chi connectivity index (χ1v) is 6.27. The molecule has 0 aliphatic heterocycles. The summed E-state index contributed by atoms with van der Waals surface area (Å²) >= 11 is 0. The molecule has 0 amide bonds. The smallest absolute Gasteiger partial charge is 0.306 e. The van der Waals surface area contributed by atoms with Gasteiger partial charge in [-0.25, -0.2) is 9.97 Å². The van der Waals surface area contributed by atoms with Gasteiger partial charge < -0.3 is 9.84 Å². The molecule has 0 saturated carbocycles. The van der Waals surface area contributed by atoms with Gasteiger partial charge in [0.15, 0.2) is 5.82 Å². The van der Waals surface area contributed by atoms with Crippen LogP contribution in [0, 0.1) is 12.8 Å². The van der Waals surface area contributed by atoms with Crippen LogP contribution in [-0.4, -0.2) is 27.7 Å². The summed E-state index contributed by atoms with van der Waals surface area (Å²) in [6, 6.07) is 0. The zero-order valence-corrected chi connectivity index (χ0v) is 10.8. The maximum Gasteiger partial charge on any atom is 0.306 e. The van der Waals surface area contributed by atoms with Gasteiger partial charge in [0.2, 0.25) is 0 Å². The van der Waals surface area contributed by atoms with Crippen LogP contribution in [0.5, 0.6) is 0 Å². The molecule has 0 aromatic carbocycles. The van der Waals surface area contributed by atoms with E-state index in [4.69, 9.17) is 9.84 Å². The second kappa shape index (κ2) is 5.44. The molecule has 0 spiro atoms. The van der Waals surface area contributed by atoms with Crippen LogP contribution in [-0.2, 0) is 29.0 Å². The fraction of sp³-hybridized carbons (Fsp3) is 0.615. The number of hydrogen-bond donors (Lipinski definition) is 1. The molecule has 2 rings (SSSR count). The van der Waals surface area contributed by atoms with E-state index in [0.29, 0.717) is 31.9 Å². The molecule has 0 radical (unpaired) electrons. The maximum atomic E-state index is 11.0. The predicted molar refractivity (Wildman–Crippen MR) is 65.2 cm³/mol. The molecule has 1 aromatic heterocycles. The number of fused-ring (bicyclic) bond motifs is 1. The van der Waals surface area contributed by atoms with Crippen molar-refractivity contribution in [1.29, 1.82) is 0 Å². The molecule has 0 bridgehead atoms. The van der Waals surface area contributed by atoms with E-state index in [9.17, 15) is 4.79 Å². The Hall–Kier alpha value is -1.49. The number of rotatable bonds is 4. The van der Waals surface area contributed by atoms with Crippen LogP contribution in [0.15, 0.2) is 0 Å². The SMILES string of the molecule is CCOCc1nc(C)c2c(n1)CCC(C(=O)O)C2. The number of nitrogens with zero attached hydrogens (tertiary/aromatic N) is 2. The molecule has 1 aromatic rings. The summed E-state index contributed by atoms with van der Waals surface area (Å²) in [6.45, 7) is 4.91. The summed E-state index contributed by atoms with van der Waals surface area (Å²) in [7, 11) is 0. The van der Waals surface area contributed by atoms with Gasteiger partial charge in [0.25, 0.3) is 0 Å². The van der Waals surface area contributed by atoms with Crippen molar-refractivity contribution in [3.05, 3.63) is 22.8 Å². The predicted octanol–water partition coefficient (Wildman–Crippen LogP) is 1.51. The summed E-state index contributed by atoms with van der Waals surface area (Å²) in [5, 5.41) is 9.06. The van der Waals surface area contributed by atoms with Crippen LogP contribution in [0.3, 0.4) is 0 Å². The molecule has 1 atom stereocenters. The second-order valence-corrected chi connectivity index (χ2v) is 4.57. The van der Waals surface area contributed by atoms with Crippen LogP contribution in [0.4, 0.5) is 0 Å². The molecule has 0 fully saturated rings. The normalized spacial score (nSPS) is 18.4. The van der Waals surface area contributed by atoms with Crippen molar-refractivity contribution in [3.63, 3.8) is 0 Å². The van der Waals surface area contributed by atoms with Gasteiger partial charge in [0, 0.05) is 18.0 Å². The Morgan fingerprint density at radius 2 is 2.28 bits per heavy atom. The molecule has 0 saturated heterocycles. The van der Waals surface area contributed by atoms with Crippen molar-refractivity contribution < 1.29 is 14.6 Å². The van der Waals surface area contributed by atoms with E-state index >= 15 is 0 Å². The number of ether oxygens (including phenoxy) is 1. The minimum absolute atomic E-state index is 0.294. The van der Waals surface area contributed by atoms with E-state index in [2.05, 4.69) is 9.97 Å². The average Bonchev–Trinajstić information content (AvgIpc) is 2.36. The molecule has 1 aliphatic rings. The third kappa shape index (κ3) is 2.67. The van der Waals surface area contributed by atoms with Crippen molar-refractivity contribution in [1.82, 2.24) is 9.97 Å². The lowest BCUT2D eigenvalue weighted by atomic mass is 9.86. The third-order valence-electron chi connectivity index (χ3n) is 3.31. The standard InChI is InChI=1S/C13H18N2O3/c1-3-18-7-12-14-8(2)10-6-9(13(16)17)4-5-11(10)15-12/h9H,3-7H2,1-2H3,(H,16,17). The van der Waals surface area contributed by atoms with Gasteiger partial charge in [0.1, 0.15) is 6.61 Å². The molecule has 18 heavy (non-hydrogen) atoms. The number of carbonyl (C=O) groups is 1. The van der Waals surface area contributed by atoms with Crippen LogP contribution in [0.1, 0.15) is 36.1 Å². The third-order valence-corrected chi connectivity index (χ3v) is 3.31. The van der Waals surface area contributed by atoms with E-state index in [-0.39, 0.29) is 5.92 Å². The second-order valence-electron chi connectivity index (χ2n) is 4.57. The summed E-state index contributed by atoms with van der Waals surface area (Å²) in [5.74, 6) is -0.321. The highest BCUT2D eigenvalue weighted by molar-refractivity contribution is 5.71. The molecular weight excluding hydrogens is 232 g/mol. The molecule has 5 heteroatoms. The topological polar surface area (TPSA) is 72.3 Å². The first-order chi connectivity index (χ1) is 8.61. The monoisotopic (exact) mass is 250 g/mol. The van der Waals surface area contributed by atoms with Crippen LogP contribution in [0.2, 0.25) is 0 Å². The first kappa shape index (κ1) is 13.0. The minimum atomic E-state index is -0.724. The Morgan fingerprint density at radius 1 is 1.50 bits per heavy atom. The Labute approximate surface area is 106 Å². The number of aromatic nitrogens is 2. The highest BCUT2D eigenvalue weighted by Gasteiger charge is 2.27. The van der Waals surface area contributed by atoms with Crippen molar-refractivity contribution >= 4 is 5.97 Å². The zero-order valence-electron chi connectivity index (χ0n) is 10.8. The van der Waals surface area contributed by atoms with Crippen molar-refractivity contribution in [2.75, 3.05) is 6.61 Å². The van der Waals surface area contributed by atoms with Gasteiger partial charge in [-0.2, -0.15) is 0 Å². The van der Waals surface area contributed by atoms with Crippen LogP contribution >= 0.6 is 0 Å². The molecule has 1 N–H and O–H groups in total. The lowest BCUT2D eigenvalue weighted by Gasteiger charge is -2.22. The van der Waals surface area contributed by atoms with Crippen molar-refractivity contribution in [3.8, 4) is 0 Å². The van der Waals surface area contributed by atoms with Gasteiger partial charge >= 0.3 is 5.97 Å². The molecule has 1 unspecified atom stereocenters. The van der Waals surface area contributed by atoms with Gasteiger partial charge in [-0.3, -0.25) is 4.79 Å². The Bertz CT molecular complexity index is 460. The van der Waals surface area contributed by atoms with E-state index < -0.39 is 5.97 Å². The molecule has 98 valence electrons. The maximum absolute atomic E-state index is 11.0. The number of aryl methyl sites for hydroxylation is 2. The van der Waals surface area contributed by atoms with E-state index in [0.717, 1.165) is 23.4 Å². The fourth-order valence-corrected chi connectivity index (χ4v) is 2.32. The molecule has 5 nitrogen and oxygen atoms in total. The summed E-state index contributed by atoms with van der Waals surface area (Å²) in [6.07, 6.45) is 1.92. The zero-order chi connectivity index (χ0) is 13.1. The van der Waals surface area contributed by atoms with Gasteiger partial charge in [-0.1, -0.05) is 0 Å². The fourth-order valence-electron chi connectivity index (χ4n) is 2.32. The number of carboxylic acid groups (broad SMARTS) is 1. The van der Waals surface area contributed by atoms with Gasteiger partial charge in [0.05, 0.1) is 5.92 Å². The molecular formula is C13H18N2O3. The van der Waals surface area contributed by atoms with Crippen LogP contribution < -0.4 is 0 Å². The average molecular weight is 250 g/mol. The summed E-state index contributed by atoms with van der Waals surface area (Å²) < 4.78 is 5.31. The van der Waals surface area contributed by atoms with E-state index in [1.54, 1.807) is 0 Å². The van der Waals surface area contributed by atoms with E-state index in [1.807, 2.05) is 13.8 Å². The van der Waals surface area contributed by atoms with Crippen molar-refractivity contribution in [2.24, 2.45) is 5.92 Å². The number of hydrogen-bond acceptors (Lipinski definition) is 4. The minimum Gasteiger partial charge on any atom is -0.481 e. The quantitative estimate of drug-likeness (QED) is 0.877. The number of carboxylic acids is 1.